The molecule has 0 spiro atoms. The van der Waals surface area contributed by atoms with E-state index >= 15 is 0 Å². The first kappa shape index (κ1) is 15.6. The van der Waals surface area contributed by atoms with Crippen LogP contribution in [0, 0.1) is 0 Å². The minimum Gasteiger partial charge on any atom is -0.368 e. The van der Waals surface area contributed by atoms with Crippen LogP contribution in [-0.4, -0.2) is 29.4 Å². The van der Waals surface area contributed by atoms with Gasteiger partial charge in [-0.05, 0) is 11.3 Å². The van der Waals surface area contributed by atoms with Crippen molar-refractivity contribution < 1.29 is 9.59 Å². The Morgan fingerprint density at radius 1 is 1.32 bits per heavy atom. The van der Waals surface area contributed by atoms with Crippen LogP contribution in [-0.2, 0) is 16.0 Å². The lowest BCUT2D eigenvalue weighted by molar-refractivity contribution is -0.127. The molecule has 4 nitrogen and oxygen atoms in total. The van der Waals surface area contributed by atoms with Gasteiger partial charge in [-0.2, -0.15) is 11.8 Å². The molecule has 104 valence electrons. The van der Waals surface area contributed by atoms with Gasteiger partial charge >= 0.3 is 0 Å². The Kier molecular flexibility index (Phi) is 7.03. The second-order valence-electron chi connectivity index (χ2n) is 4.16. The van der Waals surface area contributed by atoms with Crippen LogP contribution in [0.15, 0.2) is 30.3 Å². The summed E-state index contributed by atoms with van der Waals surface area (Å²) in [5.41, 5.74) is 6.31. The largest absolute Gasteiger partial charge is 0.368 e. The van der Waals surface area contributed by atoms with Crippen LogP contribution in [0.25, 0.3) is 0 Å². The van der Waals surface area contributed by atoms with Gasteiger partial charge in [0.25, 0.3) is 0 Å². The minimum atomic E-state index is -0.637. The second-order valence-corrected chi connectivity index (χ2v) is 5.55. The number of carbonyl (C=O) groups is 2. The third kappa shape index (κ3) is 6.29. The molecule has 0 fully saturated rings. The van der Waals surface area contributed by atoms with E-state index in [1.807, 2.05) is 37.3 Å². The summed E-state index contributed by atoms with van der Waals surface area (Å²) in [4.78, 5) is 23.1. The number of carbonyl (C=O) groups excluding carboxylic acids is 2. The van der Waals surface area contributed by atoms with Crippen LogP contribution in [0.1, 0.15) is 18.9 Å². The van der Waals surface area contributed by atoms with E-state index in [-0.39, 0.29) is 5.91 Å². The Labute approximate surface area is 118 Å². The molecule has 2 amide bonds. The van der Waals surface area contributed by atoms with E-state index in [4.69, 9.17) is 5.73 Å². The first-order valence-corrected chi connectivity index (χ1v) is 7.49. The molecule has 19 heavy (non-hydrogen) atoms. The molecule has 1 atom stereocenters. The van der Waals surface area contributed by atoms with E-state index in [1.54, 1.807) is 11.8 Å². The fraction of sp³-hybridized carbons (Fsp3) is 0.429. The number of rotatable bonds is 8. The molecule has 0 radical (unpaired) electrons. The lowest BCUT2D eigenvalue weighted by Crippen LogP contribution is -2.45. The van der Waals surface area contributed by atoms with E-state index in [0.717, 1.165) is 17.1 Å². The number of nitrogens with two attached hydrogens (primary N) is 1. The van der Waals surface area contributed by atoms with Crippen LogP contribution in [0.5, 0.6) is 0 Å². The molecule has 0 aliphatic rings. The van der Waals surface area contributed by atoms with Crippen molar-refractivity contribution in [2.75, 3.05) is 11.5 Å². The molecular formula is C14H20N2O2S. The summed E-state index contributed by atoms with van der Waals surface area (Å²) in [5, 5.41) is 2.70. The molecule has 0 saturated carbocycles. The van der Waals surface area contributed by atoms with E-state index < -0.39 is 11.9 Å². The van der Waals surface area contributed by atoms with Gasteiger partial charge in [0.1, 0.15) is 6.04 Å². The smallest absolute Gasteiger partial charge is 0.240 e. The van der Waals surface area contributed by atoms with E-state index in [9.17, 15) is 9.59 Å². The third-order valence-corrected chi connectivity index (χ3v) is 3.54. The van der Waals surface area contributed by atoms with Gasteiger partial charge in [-0.3, -0.25) is 9.59 Å². The summed E-state index contributed by atoms with van der Waals surface area (Å²) in [6.07, 6.45) is 0.847. The molecule has 0 unspecified atom stereocenters. The van der Waals surface area contributed by atoms with Crippen molar-refractivity contribution in [1.29, 1.82) is 0 Å². The number of hydrogen-bond donors (Lipinski definition) is 2. The Morgan fingerprint density at radius 2 is 2.00 bits per heavy atom. The van der Waals surface area contributed by atoms with Gasteiger partial charge in [-0.1, -0.05) is 37.3 Å². The zero-order valence-electron chi connectivity index (χ0n) is 11.1. The molecule has 0 heterocycles. The van der Waals surface area contributed by atoms with Crippen molar-refractivity contribution in [2.24, 2.45) is 5.73 Å². The predicted molar refractivity (Wildman–Crippen MR) is 78.9 cm³/mol. The first-order chi connectivity index (χ1) is 9.13. The molecule has 0 bridgehead atoms. The summed E-state index contributed by atoms with van der Waals surface area (Å²) in [5.74, 6) is 1.12. The van der Waals surface area contributed by atoms with Crippen molar-refractivity contribution in [3.05, 3.63) is 35.9 Å². The maximum absolute atomic E-state index is 11.7. The molecule has 1 aromatic carbocycles. The summed E-state index contributed by atoms with van der Waals surface area (Å²) in [6.45, 7) is 2.05. The Balaban J connectivity index is 2.49. The van der Waals surface area contributed by atoms with Gasteiger partial charge in [0, 0.05) is 18.6 Å². The summed E-state index contributed by atoms with van der Waals surface area (Å²) in [7, 11) is 0. The Morgan fingerprint density at radius 3 is 2.58 bits per heavy atom. The van der Waals surface area contributed by atoms with Crippen molar-refractivity contribution in [1.82, 2.24) is 5.32 Å². The first-order valence-electron chi connectivity index (χ1n) is 6.33. The van der Waals surface area contributed by atoms with Crippen molar-refractivity contribution in [3.63, 3.8) is 0 Å². The number of amides is 2. The van der Waals surface area contributed by atoms with E-state index in [2.05, 4.69) is 5.32 Å². The van der Waals surface area contributed by atoms with Crippen LogP contribution in [0.2, 0.25) is 0 Å². The number of primary amides is 1. The standard InChI is InChI=1S/C14H20N2O2S/c1-2-19-9-8-13(17)16-12(14(15)18)10-11-6-4-3-5-7-11/h3-7,12H,2,8-10H2,1H3,(H2,15,18)(H,16,17)/t12-/m0/s1. The SMILES string of the molecule is CCSCCC(=O)N[C@@H](Cc1ccccc1)C(N)=O. The quantitative estimate of drug-likeness (QED) is 0.706. The molecule has 0 saturated heterocycles. The average molecular weight is 280 g/mol. The fourth-order valence-corrected chi connectivity index (χ4v) is 2.27. The highest BCUT2D eigenvalue weighted by atomic mass is 32.2. The van der Waals surface area contributed by atoms with Crippen molar-refractivity contribution in [2.45, 2.75) is 25.8 Å². The van der Waals surface area contributed by atoms with Crippen molar-refractivity contribution >= 4 is 23.6 Å². The van der Waals surface area contributed by atoms with Crippen LogP contribution >= 0.6 is 11.8 Å². The van der Waals surface area contributed by atoms with Crippen LogP contribution in [0.4, 0.5) is 0 Å². The van der Waals surface area contributed by atoms with Gasteiger partial charge in [-0.25, -0.2) is 0 Å². The average Bonchev–Trinajstić information content (AvgIpc) is 2.39. The van der Waals surface area contributed by atoms with Gasteiger partial charge < -0.3 is 11.1 Å². The number of benzene rings is 1. The number of thioether (sulfide) groups is 1. The summed E-state index contributed by atoms with van der Waals surface area (Å²) in [6, 6.07) is 8.88. The topological polar surface area (TPSA) is 72.2 Å². The zero-order valence-corrected chi connectivity index (χ0v) is 11.9. The summed E-state index contributed by atoms with van der Waals surface area (Å²) < 4.78 is 0. The molecule has 0 aromatic heterocycles. The lowest BCUT2D eigenvalue weighted by Gasteiger charge is -2.15. The molecule has 3 N–H and O–H groups in total. The van der Waals surface area contributed by atoms with Gasteiger partial charge in [-0.15, -0.1) is 0 Å². The fourth-order valence-electron chi connectivity index (χ4n) is 1.65. The normalized spacial score (nSPS) is 11.8. The van der Waals surface area contributed by atoms with Crippen LogP contribution in [0.3, 0.4) is 0 Å². The van der Waals surface area contributed by atoms with E-state index in [1.165, 1.54) is 0 Å². The lowest BCUT2D eigenvalue weighted by atomic mass is 10.1. The maximum Gasteiger partial charge on any atom is 0.240 e. The maximum atomic E-state index is 11.7. The molecule has 5 heteroatoms. The van der Waals surface area contributed by atoms with E-state index in [0.29, 0.717) is 12.8 Å². The second kappa shape index (κ2) is 8.58. The van der Waals surface area contributed by atoms with Crippen LogP contribution < -0.4 is 11.1 Å². The monoisotopic (exact) mass is 280 g/mol. The molecule has 1 rings (SSSR count). The molecule has 1 aromatic rings. The minimum absolute atomic E-state index is 0.124. The predicted octanol–water partition coefficient (Wildman–Crippen LogP) is 1.34. The zero-order chi connectivity index (χ0) is 14.1. The number of nitrogens with one attached hydrogen (secondary N) is 1. The van der Waals surface area contributed by atoms with Crippen molar-refractivity contribution in [3.8, 4) is 0 Å². The summed E-state index contributed by atoms with van der Waals surface area (Å²) >= 11 is 1.70. The molecule has 0 aliphatic heterocycles. The third-order valence-electron chi connectivity index (χ3n) is 2.64. The number of hydrogen-bond acceptors (Lipinski definition) is 3. The van der Waals surface area contributed by atoms with Gasteiger partial charge in [0.15, 0.2) is 0 Å². The van der Waals surface area contributed by atoms with Gasteiger partial charge in [0.05, 0.1) is 0 Å². The highest BCUT2D eigenvalue weighted by Crippen LogP contribution is 2.04. The van der Waals surface area contributed by atoms with Gasteiger partial charge in [0.2, 0.25) is 11.8 Å². The molecule has 0 aliphatic carbocycles. The highest BCUT2D eigenvalue weighted by molar-refractivity contribution is 7.99. The highest BCUT2D eigenvalue weighted by Gasteiger charge is 2.18. The Bertz CT molecular complexity index is 409. The molecular weight excluding hydrogens is 260 g/mol. The Hall–Kier alpha value is -1.49.